The Morgan fingerprint density at radius 1 is 1.30 bits per heavy atom. The highest BCUT2D eigenvalue weighted by molar-refractivity contribution is 6.01. The highest BCUT2D eigenvalue weighted by Crippen LogP contribution is 2.38. The molecule has 2 rings (SSSR count). The zero-order chi connectivity index (χ0) is 20.1. The Morgan fingerprint density at radius 3 is 2.44 bits per heavy atom. The van der Waals surface area contributed by atoms with Crippen molar-refractivity contribution in [3.63, 3.8) is 0 Å². The third-order valence-corrected chi connectivity index (χ3v) is 3.56. The summed E-state index contributed by atoms with van der Waals surface area (Å²) in [6.45, 7) is 1.33. The quantitative estimate of drug-likeness (QED) is 0.239. The number of carbonyl (C=O) groups is 3. The van der Waals surface area contributed by atoms with Crippen LogP contribution in [0.2, 0.25) is 0 Å². The Bertz CT molecular complexity index is 827. The van der Waals surface area contributed by atoms with Gasteiger partial charge in [-0.1, -0.05) is 11.5 Å². The molecule has 1 heterocycles. The van der Waals surface area contributed by atoms with Crippen molar-refractivity contribution in [1.29, 1.82) is 0 Å². The molecule has 1 fully saturated rings. The first-order valence-corrected chi connectivity index (χ1v) is 7.51. The molecule has 11 heteroatoms. The fourth-order valence-corrected chi connectivity index (χ4v) is 2.31. The number of amides is 2. The lowest BCUT2D eigenvalue weighted by Gasteiger charge is -2.17. The fourth-order valence-electron chi connectivity index (χ4n) is 2.31. The van der Waals surface area contributed by atoms with E-state index in [4.69, 9.17) is 20.6 Å². The maximum Gasteiger partial charge on any atom is 0.534 e. The van der Waals surface area contributed by atoms with Gasteiger partial charge in [0.1, 0.15) is 12.2 Å². The molecule has 142 valence electrons. The summed E-state index contributed by atoms with van der Waals surface area (Å²) in [6, 6.07) is 2.24. The molecule has 1 unspecified atom stereocenters. The molecule has 0 spiro atoms. The fraction of sp³-hybridized carbons (Fsp3) is 0.312. The standard InChI is InChI=1S/C16H14N2O9/c1-4-25-13-8-11(18(22)23)10(7-12(13)24-3)9(2)26-16(21)27-17-14(19)5-6-15(17)20/h1,7-9H,5-6H2,2-3H3. The van der Waals surface area contributed by atoms with Crippen LogP contribution in [0.5, 0.6) is 11.5 Å². The van der Waals surface area contributed by atoms with Crippen molar-refractivity contribution < 1.29 is 38.4 Å². The van der Waals surface area contributed by atoms with E-state index in [0.29, 0.717) is 5.06 Å². The summed E-state index contributed by atoms with van der Waals surface area (Å²) in [4.78, 5) is 49.9. The first kappa shape index (κ1) is 19.5. The van der Waals surface area contributed by atoms with Gasteiger partial charge in [0, 0.05) is 12.8 Å². The van der Waals surface area contributed by atoms with Crippen LogP contribution in [-0.4, -0.2) is 35.1 Å². The van der Waals surface area contributed by atoms with Crippen LogP contribution in [0.1, 0.15) is 31.4 Å². The summed E-state index contributed by atoms with van der Waals surface area (Å²) < 4.78 is 14.8. The van der Waals surface area contributed by atoms with Gasteiger partial charge in [0.2, 0.25) is 0 Å². The molecule has 1 saturated heterocycles. The Labute approximate surface area is 152 Å². The van der Waals surface area contributed by atoms with Crippen LogP contribution in [0, 0.1) is 22.6 Å². The lowest BCUT2D eigenvalue weighted by molar-refractivity contribution is -0.386. The van der Waals surface area contributed by atoms with Crippen LogP contribution >= 0.6 is 0 Å². The minimum atomic E-state index is -1.37. The molecule has 2 amide bonds. The molecule has 27 heavy (non-hydrogen) atoms. The predicted octanol–water partition coefficient (Wildman–Crippen LogP) is 1.85. The molecule has 0 aromatic heterocycles. The minimum Gasteiger partial charge on any atom is -0.493 e. The van der Waals surface area contributed by atoms with E-state index in [9.17, 15) is 24.5 Å². The topological polar surface area (TPSA) is 135 Å². The van der Waals surface area contributed by atoms with Gasteiger partial charge in [0.25, 0.3) is 17.5 Å². The Morgan fingerprint density at radius 2 is 1.93 bits per heavy atom. The number of rotatable bonds is 6. The van der Waals surface area contributed by atoms with Gasteiger partial charge in [-0.25, -0.2) is 4.79 Å². The maximum atomic E-state index is 11.8. The molecule has 11 nitrogen and oxygen atoms in total. The van der Waals surface area contributed by atoms with Crippen molar-refractivity contribution in [2.24, 2.45) is 0 Å². The van der Waals surface area contributed by atoms with E-state index in [1.807, 2.05) is 6.11 Å². The summed E-state index contributed by atoms with van der Waals surface area (Å²) in [6.07, 6.45) is 4.19. The molecular weight excluding hydrogens is 364 g/mol. The second-order valence-corrected chi connectivity index (χ2v) is 5.22. The zero-order valence-corrected chi connectivity index (χ0v) is 14.3. The van der Waals surface area contributed by atoms with Gasteiger partial charge >= 0.3 is 6.16 Å². The second-order valence-electron chi connectivity index (χ2n) is 5.22. The highest BCUT2D eigenvalue weighted by atomic mass is 16.8. The third-order valence-electron chi connectivity index (χ3n) is 3.56. The molecule has 0 bridgehead atoms. The smallest absolute Gasteiger partial charge is 0.493 e. The summed E-state index contributed by atoms with van der Waals surface area (Å²) >= 11 is 0. The molecule has 0 N–H and O–H groups in total. The van der Waals surface area contributed by atoms with Crippen LogP contribution in [0.3, 0.4) is 0 Å². The largest absolute Gasteiger partial charge is 0.534 e. The second kappa shape index (κ2) is 8.05. The van der Waals surface area contributed by atoms with E-state index < -0.39 is 34.7 Å². The Hall–Kier alpha value is -3.81. The van der Waals surface area contributed by atoms with E-state index in [0.717, 1.165) is 6.07 Å². The van der Waals surface area contributed by atoms with Gasteiger partial charge < -0.3 is 14.2 Å². The molecule has 0 saturated carbocycles. The number of terminal acetylenes is 1. The highest BCUT2D eigenvalue weighted by Gasteiger charge is 2.34. The summed E-state index contributed by atoms with van der Waals surface area (Å²) in [5, 5.41) is 11.6. The maximum absolute atomic E-state index is 11.8. The number of nitro benzene ring substituents is 1. The van der Waals surface area contributed by atoms with Crippen LogP contribution in [0.15, 0.2) is 12.1 Å². The molecule has 1 aromatic rings. The molecule has 0 radical (unpaired) electrons. The first-order valence-electron chi connectivity index (χ1n) is 7.51. The van der Waals surface area contributed by atoms with Crippen molar-refractivity contribution in [3.05, 3.63) is 27.8 Å². The number of carbonyl (C=O) groups excluding carboxylic acids is 3. The number of hydrogen-bond acceptors (Lipinski definition) is 9. The molecule has 1 atom stereocenters. The van der Waals surface area contributed by atoms with Crippen molar-refractivity contribution in [1.82, 2.24) is 5.06 Å². The van der Waals surface area contributed by atoms with Crippen molar-refractivity contribution in [2.75, 3.05) is 7.11 Å². The van der Waals surface area contributed by atoms with Crippen molar-refractivity contribution >= 4 is 23.7 Å². The average Bonchev–Trinajstić information content (AvgIpc) is 2.93. The van der Waals surface area contributed by atoms with Gasteiger partial charge in [-0.15, -0.1) is 0 Å². The number of nitrogens with zero attached hydrogens (tertiary/aromatic N) is 2. The number of hydrogen-bond donors (Lipinski definition) is 0. The normalized spacial score (nSPS) is 14.3. The van der Waals surface area contributed by atoms with Gasteiger partial charge in [-0.3, -0.25) is 24.5 Å². The minimum absolute atomic E-state index is 0.0442. The van der Waals surface area contributed by atoms with Gasteiger partial charge in [-0.2, -0.15) is 0 Å². The van der Waals surface area contributed by atoms with Crippen LogP contribution in [0.4, 0.5) is 10.5 Å². The molecule has 1 aliphatic rings. The van der Waals surface area contributed by atoms with Crippen LogP contribution in [0.25, 0.3) is 0 Å². The number of methoxy groups -OCH3 is 1. The third kappa shape index (κ3) is 4.24. The van der Waals surface area contributed by atoms with E-state index in [1.165, 1.54) is 20.1 Å². The SMILES string of the molecule is C#COc1cc([N+](=O)[O-])c(C(C)OC(=O)ON2C(=O)CCC2=O)cc1OC. The van der Waals surface area contributed by atoms with E-state index >= 15 is 0 Å². The Balaban J connectivity index is 2.24. The average molecular weight is 378 g/mol. The monoisotopic (exact) mass is 378 g/mol. The molecule has 1 aliphatic heterocycles. The van der Waals surface area contributed by atoms with E-state index in [2.05, 4.69) is 4.84 Å². The lowest BCUT2D eigenvalue weighted by Crippen LogP contribution is -2.32. The predicted molar refractivity (Wildman–Crippen MR) is 86.2 cm³/mol. The van der Waals surface area contributed by atoms with E-state index in [-0.39, 0.29) is 29.9 Å². The summed E-state index contributed by atoms with van der Waals surface area (Å²) in [5.74, 6) is -1.37. The van der Waals surface area contributed by atoms with Gasteiger partial charge in [-0.05, 0) is 13.0 Å². The number of ether oxygens (including phenoxy) is 3. The van der Waals surface area contributed by atoms with Crippen molar-refractivity contribution in [2.45, 2.75) is 25.9 Å². The van der Waals surface area contributed by atoms with Gasteiger partial charge in [0.05, 0.1) is 23.7 Å². The Kier molecular flexibility index (Phi) is 5.82. The first-order chi connectivity index (χ1) is 12.8. The number of hydroxylamine groups is 2. The lowest BCUT2D eigenvalue weighted by atomic mass is 10.1. The molecular formula is C16H14N2O9. The summed E-state index contributed by atoms with van der Waals surface area (Å²) in [7, 11) is 1.29. The molecule has 0 aliphatic carbocycles. The summed E-state index contributed by atoms with van der Waals surface area (Å²) in [5.41, 5.74) is -0.494. The zero-order valence-electron chi connectivity index (χ0n) is 14.3. The van der Waals surface area contributed by atoms with Crippen LogP contribution in [-0.2, 0) is 19.2 Å². The van der Waals surface area contributed by atoms with E-state index in [1.54, 1.807) is 0 Å². The molecule has 1 aromatic carbocycles. The van der Waals surface area contributed by atoms with Crippen molar-refractivity contribution in [3.8, 4) is 24.0 Å². The van der Waals surface area contributed by atoms with Gasteiger partial charge in [0.15, 0.2) is 11.5 Å². The van der Waals surface area contributed by atoms with Crippen LogP contribution < -0.4 is 9.47 Å². The number of imide groups is 1. The number of benzene rings is 1. The number of nitro groups is 1.